The van der Waals surface area contributed by atoms with Crippen molar-refractivity contribution in [2.75, 3.05) is 0 Å². The van der Waals surface area contributed by atoms with Crippen LogP contribution >= 0.6 is 15.9 Å². The largest absolute Gasteiger partial charge is 0.390 e. The van der Waals surface area contributed by atoms with Gasteiger partial charge in [0.15, 0.2) is 0 Å². The van der Waals surface area contributed by atoms with Gasteiger partial charge in [-0.05, 0) is 38.5 Å². The summed E-state index contributed by atoms with van der Waals surface area (Å²) in [5.41, 5.74) is -0.181. The Morgan fingerprint density at radius 2 is 2.17 bits per heavy atom. The standard InChI is InChI=1S/C13H15BrN2O2/c1-13(2,18)5-6-16-8-15-11-4-3-9(14)7-10(11)12(16)17/h3-4,7-8,18H,5-6H2,1-2H3. The first-order chi connectivity index (χ1) is 8.37. The summed E-state index contributed by atoms with van der Waals surface area (Å²) in [7, 11) is 0. The van der Waals surface area contributed by atoms with Crippen LogP contribution in [0.25, 0.3) is 10.9 Å². The molecule has 0 aliphatic rings. The molecule has 0 atom stereocenters. The molecule has 1 N–H and O–H groups in total. The Hall–Kier alpha value is -1.20. The van der Waals surface area contributed by atoms with Gasteiger partial charge in [-0.15, -0.1) is 0 Å². The molecule has 1 aromatic carbocycles. The third-order valence-electron chi connectivity index (χ3n) is 2.75. The molecule has 0 saturated heterocycles. The second-order valence-corrected chi connectivity index (χ2v) is 5.88. The maximum atomic E-state index is 12.2. The second kappa shape index (κ2) is 4.82. The van der Waals surface area contributed by atoms with Gasteiger partial charge in [0.2, 0.25) is 0 Å². The number of halogens is 1. The van der Waals surface area contributed by atoms with Crippen molar-refractivity contribution in [2.24, 2.45) is 0 Å². The lowest BCUT2D eigenvalue weighted by molar-refractivity contribution is 0.0659. The van der Waals surface area contributed by atoms with Crippen molar-refractivity contribution in [2.45, 2.75) is 32.4 Å². The fraction of sp³-hybridized carbons (Fsp3) is 0.385. The Balaban J connectivity index is 2.41. The van der Waals surface area contributed by atoms with Crippen LogP contribution in [0.4, 0.5) is 0 Å². The van der Waals surface area contributed by atoms with E-state index in [1.54, 1.807) is 26.0 Å². The fourth-order valence-corrected chi connectivity index (χ4v) is 2.05. The average molecular weight is 311 g/mol. The molecule has 18 heavy (non-hydrogen) atoms. The Morgan fingerprint density at radius 3 is 2.83 bits per heavy atom. The molecule has 0 fully saturated rings. The lowest BCUT2D eigenvalue weighted by atomic mass is 10.1. The zero-order chi connectivity index (χ0) is 13.3. The molecule has 0 saturated carbocycles. The molecule has 0 bridgehead atoms. The highest BCUT2D eigenvalue weighted by molar-refractivity contribution is 9.10. The van der Waals surface area contributed by atoms with Crippen molar-refractivity contribution in [3.63, 3.8) is 0 Å². The fourth-order valence-electron chi connectivity index (χ4n) is 1.68. The summed E-state index contributed by atoms with van der Waals surface area (Å²) >= 11 is 3.35. The SMILES string of the molecule is CC(C)(O)CCn1cnc2ccc(Br)cc2c1=O. The van der Waals surface area contributed by atoms with E-state index in [-0.39, 0.29) is 5.56 Å². The van der Waals surface area contributed by atoms with E-state index in [1.807, 2.05) is 6.07 Å². The number of nitrogens with zero attached hydrogens (tertiary/aromatic N) is 2. The minimum Gasteiger partial charge on any atom is -0.390 e. The lowest BCUT2D eigenvalue weighted by Gasteiger charge is -2.17. The van der Waals surface area contributed by atoms with Gasteiger partial charge in [0.05, 0.1) is 22.8 Å². The van der Waals surface area contributed by atoms with Gasteiger partial charge in [-0.1, -0.05) is 15.9 Å². The van der Waals surface area contributed by atoms with Crippen molar-refractivity contribution in [3.8, 4) is 0 Å². The van der Waals surface area contributed by atoms with Crippen molar-refractivity contribution in [1.29, 1.82) is 0 Å². The second-order valence-electron chi connectivity index (χ2n) is 4.97. The van der Waals surface area contributed by atoms with E-state index < -0.39 is 5.60 Å². The minimum atomic E-state index is -0.786. The van der Waals surface area contributed by atoms with E-state index in [0.29, 0.717) is 23.9 Å². The first kappa shape index (κ1) is 13.2. The van der Waals surface area contributed by atoms with Crippen molar-refractivity contribution in [3.05, 3.63) is 39.4 Å². The van der Waals surface area contributed by atoms with Crippen LogP contribution < -0.4 is 5.56 Å². The molecule has 0 aliphatic carbocycles. The average Bonchev–Trinajstić information content (AvgIpc) is 2.28. The molecule has 0 unspecified atom stereocenters. The molecule has 2 aromatic rings. The molecular weight excluding hydrogens is 296 g/mol. The van der Waals surface area contributed by atoms with Crippen LogP contribution in [0.15, 0.2) is 33.8 Å². The normalized spacial score (nSPS) is 12.0. The molecular formula is C13H15BrN2O2. The lowest BCUT2D eigenvalue weighted by Crippen LogP contribution is -2.26. The first-order valence-corrected chi connectivity index (χ1v) is 6.53. The zero-order valence-corrected chi connectivity index (χ0v) is 11.9. The third-order valence-corrected chi connectivity index (χ3v) is 3.24. The molecule has 0 aliphatic heterocycles. The summed E-state index contributed by atoms with van der Waals surface area (Å²) in [6.07, 6.45) is 2.04. The predicted octanol–water partition coefficient (Wildman–Crippen LogP) is 2.32. The van der Waals surface area contributed by atoms with Gasteiger partial charge in [-0.3, -0.25) is 9.36 Å². The Kier molecular flexibility index (Phi) is 3.54. The zero-order valence-electron chi connectivity index (χ0n) is 10.4. The number of benzene rings is 1. The minimum absolute atomic E-state index is 0.0782. The van der Waals surface area contributed by atoms with Crippen LogP contribution in [-0.2, 0) is 6.54 Å². The molecule has 4 nitrogen and oxygen atoms in total. The summed E-state index contributed by atoms with van der Waals surface area (Å²) < 4.78 is 2.39. The molecule has 0 radical (unpaired) electrons. The van der Waals surface area contributed by atoms with E-state index in [1.165, 1.54) is 10.9 Å². The van der Waals surface area contributed by atoms with Gasteiger partial charge >= 0.3 is 0 Å². The maximum Gasteiger partial charge on any atom is 0.261 e. The van der Waals surface area contributed by atoms with E-state index in [2.05, 4.69) is 20.9 Å². The Labute approximate surface area is 113 Å². The van der Waals surface area contributed by atoms with Gasteiger partial charge in [-0.25, -0.2) is 4.98 Å². The van der Waals surface area contributed by atoms with Crippen molar-refractivity contribution < 1.29 is 5.11 Å². The van der Waals surface area contributed by atoms with Crippen LogP contribution in [0.5, 0.6) is 0 Å². The molecule has 96 valence electrons. The van der Waals surface area contributed by atoms with E-state index in [9.17, 15) is 9.90 Å². The maximum absolute atomic E-state index is 12.2. The highest BCUT2D eigenvalue weighted by atomic mass is 79.9. The summed E-state index contributed by atoms with van der Waals surface area (Å²) in [5, 5.41) is 10.3. The third kappa shape index (κ3) is 2.97. The quantitative estimate of drug-likeness (QED) is 0.946. The van der Waals surface area contributed by atoms with E-state index >= 15 is 0 Å². The number of rotatable bonds is 3. The first-order valence-electron chi connectivity index (χ1n) is 5.74. The molecule has 5 heteroatoms. The number of aryl methyl sites for hydroxylation is 1. The van der Waals surface area contributed by atoms with Crippen molar-refractivity contribution in [1.82, 2.24) is 9.55 Å². The smallest absolute Gasteiger partial charge is 0.261 e. The number of aromatic nitrogens is 2. The number of fused-ring (bicyclic) bond motifs is 1. The Bertz CT molecular complexity index is 629. The predicted molar refractivity (Wildman–Crippen MR) is 74.6 cm³/mol. The summed E-state index contributed by atoms with van der Waals surface area (Å²) in [5.74, 6) is 0. The molecule has 0 spiro atoms. The molecule has 0 amide bonds. The van der Waals surface area contributed by atoms with Crippen LogP contribution in [0.1, 0.15) is 20.3 Å². The van der Waals surface area contributed by atoms with E-state index in [4.69, 9.17) is 0 Å². The highest BCUT2D eigenvalue weighted by Gasteiger charge is 2.13. The van der Waals surface area contributed by atoms with E-state index in [0.717, 1.165) is 4.47 Å². The van der Waals surface area contributed by atoms with Crippen LogP contribution in [0, 0.1) is 0 Å². The summed E-state index contributed by atoms with van der Waals surface area (Å²) in [6, 6.07) is 5.43. The number of aliphatic hydroxyl groups is 1. The van der Waals surface area contributed by atoms with Gasteiger partial charge in [0.25, 0.3) is 5.56 Å². The molecule has 1 heterocycles. The van der Waals surface area contributed by atoms with Gasteiger partial charge in [0.1, 0.15) is 0 Å². The van der Waals surface area contributed by atoms with Gasteiger partial charge in [0, 0.05) is 11.0 Å². The number of hydrogen-bond acceptors (Lipinski definition) is 3. The molecule has 1 aromatic heterocycles. The Morgan fingerprint density at radius 1 is 1.44 bits per heavy atom. The summed E-state index contributed by atoms with van der Waals surface area (Å²) in [4.78, 5) is 16.5. The van der Waals surface area contributed by atoms with Gasteiger partial charge < -0.3 is 5.11 Å². The van der Waals surface area contributed by atoms with Crippen LogP contribution in [0.3, 0.4) is 0 Å². The topological polar surface area (TPSA) is 55.1 Å². The van der Waals surface area contributed by atoms with Crippen LogP contribution in [0.2, 0.25) is 0 Å². The van der Waals surface area contributed by atoms with Crippen molar-refractivity contribution >= 4 is 26.8 Å². The van der Waals surface area contributed by atoms with Gasteiger partial charge in [-0.2, -0.15) is 0 Å². The number of hydrogen-bond donors (Lipinski definition) is 1. The summed E-state index contributed by atoms with van der Waals surface area (Å²) in [6.45, 7) is 3.91. The highest BCUT2D eigenvalue weighted by Crippen LogP contribution is 2.15. The van der Waals surface area contributed by atoms with Crippen LogP contribution in [-0.4, -0.2) is 20.3 Å². The molecule has 2 rings (SSSR count). The monoisotopic (exact) mass is 310 g/mol.